The number of carbonyl (C=O) groups excluding carboxylic acids is 1. The lowest BCUT2D eigenvalue weighted by Crippen LogP contribution is -2.55. The van der Waals surface area contributed by atoms with Crippen molar-refractivity contribution in [1.82, 2.24) is 10.4 Å². The Morgan fingerprint density at radius 2 is 1.84 bits per heavy atom. The Balaban J connectivity index is 1.89. The number of nitrogens with zero attached hydrogens (tertiary/aromatic N) is 2. The predicted molar refractivity (Wildman–Crippen MR) is 137 cm³/mol. The summed E-state index contributed by atoms with van der Waals surface area (Å²) in [6.07, 6.45) is 1.94. The van der Waals surface area contributed by atoms with Crippen LogP contribution in [-0.4, -0.2) is 40.2 Å². The summed E-state index contributed by atoms with van der Waals surface area (Å²) in [5.74, 6) is -1.06. The van der Waals surface area contributed by atoms with E-state index in [0.717, 1.165) is 24.9 Å². The maximum Gasteiger partial charge on any atom is 0.279 e. The number of benzene rings is 2. The quantitative estimate of drug-likeness (QED) is 0.317. The van der Waals surface area contributed by atoms with Crippen molar-refractivity contribution in [3.63, 3.8) is 0 Å². The molecule has 0 aromatic heterocycles. The number of nitrogens with one attached hydrogen (secondary N) is 2. The summed E-state index contributed by atoms with van der Waals surface area (Å²) >= 11 is 23.0. The predicted octanol–water partition coefficient (Wildman–Crippen LogP) is 6.24. The van der Waals surface area contributed by atoms with Crippen LogP contribution in [0.4, 0.5) is 5.69 Å². The number of piperidine rings is 1. The van der Waals surface area contributed by atoms with Crippen LogP contribution in [0.3, 0.4) is 0 Å². The van der Waals surface area contributed by atoms with E-state index in [1.165, 1.54) is 0 Å². The number of carbonyl (C=O) groups is 1. The highest BCUT2D eigenvalue weighted by molar-refractivity contribution is 7.81. The van der Waals surface area contributed by atoms with E-state index in [0.29, 0.717) is 26.5 Å². The van der Waals surface area contributed by atoms with Crippen LogP contribution in [0.5, 0.6) is 0 Å². The van der Waals surface area contributed by atoms with Gasteiger partial charge < -0.3 is 0 Å². The summed E-state index contributed by atoms with van der Waals surface area (Å²) in [7, 11) is 0. The summed E-state index contributed by atoms with van der Waals surface area (Å²) in [6, 6.07) is 12.2. The van der Waals surface area contributed by atoms with Crippen LogP contribution in [0.15, 0.2) is 47.5 Å². The molecule has 1 fully saturated rings. The zero-order valence-corrected chi connectivity index (χ0v) is 20.9. The van der Waals surface area contributed by atoms with E-state index < -0.39 is 11.8 Å². The molecule has 32 heavy (non-hydrogen) atoms. The normalized spacial score (nSPS) is 20.6. The monoisotopic (exact) mass is 510 g/mol. The number of hydrazine groups is 1. The van der Waals surface area contributed by atoms with Crippen molar-refractivity contribution < 1.29 is 4.79 Å². The maximum absolute atomic E-state index is 12.9. The van der Waals surface area contributed by atoms with Gasteiger partial charge in [0.15, 0.2) is 0 Å². The fourth-order valence-corrected chi connectivity index (χ4v) is 4.46. The van der Waals surface area contributed by atoms with Gasteiger partial charge in [-0.25, -0.2) is 5.01 Å². The van der Waals surface area contributed by atoms with Gasteiger partial charge in [-0.2, -0.15) is 12.6 Å². The van der Waals surface area contributed by atoms with Crippen molar-refractivity contribution >= 4 is 70.4 Å². The summed E-state index contributed by atoms with van der Waals surface area (Å²) in [4.78, 5) is 17.6. The maximum atomic E-state index is 12.9. The van der Waals surface area contributed by atoms with Gasteiger partial charge in [0.05, 0.1) is 16.4 Å². The lowest BCUT2D eigenvalue weighted by molar-refractivity contribution is -0.121. The van der Waals surface area contributed by atoms with Crippen molar-refractivity contribution in [2.45, 2.75) is 38.0 Å². The Morgan fingerprint density at radius 3 is 2.50 bits per heavy atom. The Bertz CT molecular complexity index is 1030. The minimum Gasteiger partial charge on any atom is -0.299 e. The second kappa shape index (κ2) is 11.0. The third-order valence-corrected chi connectivity index (χ3v) is 7.05. The van der Waals surface area contributed by atoms with Crippen LogP contribution in [0.2, 0.25) is 15.1 Å². The summed E-state index contributed by atoms with van der Waals surface area (Å²) in [5, 5.41) is 12.1. The van der Waals surface area contributed by atoms with Crippen LogP contribution in [-0.2, 0) is 4.79 Å². The highest BCUT2D eigenvalue weighted by atomic mass is 35.5. The van der Waals surface area contributed by atoms with E-state index in [4.69, 9.17) is 45.2 Å². The minimum absolute atomic E-state index is 0.0800. The fraction of sp³-hybridized carbons (Fsp3) is 0.348. The Kier molecular flexibility index (Phi) is 8.64. The molecule has 9 heteroatoms. The number of hydrogen-bond acceptors (Lipinski definition) is 5. The Hall–Kier alpha value is -1.57. The van der Waals surface area contributed by atoms with Gasteiger partial charge in [-0.05, 0) is 55.7 Å². The molecule has 2 aromatic carbocycles. The Morgan fingerprint density at radius 1 is 1.19 bits per heavy atom. The highest BCUT2D eigenvalue weighted by Crippen LogP contribution is 2.30. The van der Waals surface area contributed by atoms with Gasteiger partial charge in [-0.1, -0.05) is 53.9 Å². The molecule has 3 atom stereocenters. The smallest absolute Gasteiger partial charge is 0.279 e. The second-order valence-corrected chi connectivity index (χ2v) is 9.76. The minimum atomic E-state index is -0.602. The molecule has 1 saturated heterocycles. The molecule has 0 aliphatic carbocycles. The molecule has 3 unspecified atom stereocenters. The van der Waals surface area contributed by atoms with E-state index in [1.54, 1.807) is 37.3 Å². The van der Waals surface area contributed by atoms with Crippen LogP contribution in [0.1, 0.15) is 32.3 Å². The largest absolute Gasteiger partial charge is 0.299 e. The van der Waals surface area contributed by atoms with Crippen molar-refractivity contribution in [3.8, 4) is 0 Å². The summed E-state index contributed by atoms with van der Waals surface area (Å²) in [5.41, 5.74) is 4.56. The van der Waals surface area contributed by atoms with Crippen LogP contribution < -0.4 is 5.43 Å². The third kappa shape index (κ3) is 6.06. The van der Waals surface area contributed by atoms with Gasteiger partial charge in [0, 0.05) is 33.8 Å². The molecular weight excluding hydrogens is 487 g/mol. The average Bonchev–Trinajstić information content (AvgIpc) is 2.76. The van der Waals surface area contributed by atoms with E-state index in [9.17, 15) is 4.79 Å². The van der Waals surface area contributed by atoms with Crippen LogP contribution >= 0.6 is 47.4 Å². The first-order chi connectivity index (χ1) is 15.2. The molecule has 2 N–H and O–H groups in total. The lowest BCUT2D eigenvalue weighted by atomic mass is 9.93. The summed E-state index contributed by atoms with van der Waals surface area (Å²) < 4.78 is 0. The first-order valence-corrected chi connectivity index (χ1v) is 12.0. The molecule has 0 spiro atoms. The van der Waals surface area contributed by atoms with Crippen molar-refractivity contribution in [2.75, 3.05) is 6.54 Å². The molecule has 170 valence electrons. The number of aliphatic imine (C=N–C) groups is 1. The molecule has 0 saturated carbocycles. The van der Waals surface area contributed by atoms with Gasteiger partial charge in [0.2, 0.25) is 0 Å². The second-order valence-electron chi connectivity index (χ2n) is 7.82. The molecule has 1 aliphatic rings. The average molecular weight is 512 g/mol. The van der Waals surface area contributed by atoms with Crippen LogP contribution in [0, 0.1) is 11.3 Å². The number of amides is 1. The van der Waals surface area contributed by atoms with Crippen molar-refractivity contribution in [3.05, 3.63) is 63.1 Å². The van der Waals surface area contributed by atoms with Gasteiger partial charge in [0.25, 0.3) is 5.91 Å². The van der Waals surface area contributed by atoms with E-state index >= 15 is 0 Å². The van der Waals surface area contributed by atoms with Gasteiger partial charge >= 0.3 is 0 Å². The first kappa shape index (κ1) is 25.1. The van der Waals surface area contributed by atoms with Gasteiger partial charge in [-0.15, -0.1) is 0 Å². The molecule has 0 radical (unpaired) electrons. The molecular formula is C23H25Cl3N4OS. The fourth-order valence-electron chi connectivity index (χ4n) is 3.54. The van der Waals surface area contributed by atoms with E-state index in [-0.39, 0.29) is 17.0 Å². The number of rotatable bonds is 6. The Labute approximate surface area is 209 Å². The third-order valence-electron chi connectivity index (χ3n) is 5.57. The lowest BCUT2D eigenvalue weighted by Gasteiger charge is -2.37. The van der Waals surface area contributed by atoms with E-state index in [1.807, 2.05) is 24.1 Å². The van der Waals surface area contributed by atoms with Gasteiger partial charge in [-0.3, -0.25) is 20.6 Å². The zero-order chi connectivity index (χ0) is 23.4. The SMILES string of the molecule is CC(C(=N)C(=O)NN1CCCC(S)C1C)C(=Nc1ccc(Cl)cc1Cl)c1ccc(Cl)cc1. The molecule has 1 amide bonds. The highest BCUT2D eigenvalue weighted by Gasteiger charge is 2.30. The van der Waals surface area contributed by atoms with E-state index in [2.05, 4.69) is 18.1 Å². The van der Waals surface area contributed by atoms with Crippen LogP contribution in [0.25, 0.3) is 0 Å². The molecule has 1 heterocycles. The molecule has 3 rings (SSSR count). The molecule has 5 nitrogen and oxygen atoms in total. The first-order valence-electron chi connectivity index (χ1n) is 10.3. The van der Waals surface area contributed by atoms with Crippen molar-refractivity contribution in [1.29, 1.82) is 5.41 Å². The van der Waals surface area contributed by atoms with Crippen molar-refractivity contribution in [2.24, 2.45) is 10.9 Å². The topological polar surface area (TPSA) is 68.6 Å². The molecule has 2 aromatic rings. The zero-order valence-electron chi connectivity index (χ0n) is 17.8. The standard InChI is InChI=1S/C23H25Cl3N4OS/c1-13(21(27)23(31)29-30-11-3-4-20(32)14(30)2)22(15-5-7-16(24)8-6-15)28-19-10-9-17(25)12-18(19)26/h5-10,12-14,20,27,32H,3-4,11H2,1-2H3,(H,29,31). The number of thiol groups is 1. The number of halogens is 3. The molecule has 0 bridgehead atoms. The van der Waals surface area contributed by atoms with Gasteiger partial charge in [0.1, 0.15) is 5.71 Å². The number of hydrogen-bond donors (Lipinski definition) is 3. The summed E-state index contributed by atoms with van der Waals surface area (Å²) in [6.45, 7) is 4.53. The molecule has 1 aliphatic heterocycles.